The maximum atomic E-state index is 12.9. The molecule has 0 spiro atoms. The molecule has 0 saturated carbocycles. The Balaban J connectivity index is 1.60. The predicted molar refractivity (Wildman–Crippen MR) is 105 cm³/mol. The lowest BCUT2D eigenvalue weighted by molar-refractivity contribution is -0.131. The van der Waals surface area contributed by atoms with Crippen LogP contribution in [-0.4, -0.2) is 30.0 Å². The highest BCUT2D eigenvalue weighted by atomic mass is 16.5. The van der Waals surface area contributed by atoms with Crippen LogP contribution in [0.4, 0.5) is 4.79 Å². The van der Waals surface area contributed by atoms with E-state index in [1.54, 1.807) is 6.92 Å². The second-order valence-corrected chi connectivity index (χ2v) is 7.40. The van der Waals surface area contributed by atoms with Gasteiger partial charge in [0.1, 0.15) is 11.3 Å². The Morgan fingerprint density at radius 2 is 1.59 bits per heavy atom. The number of nitrogens with zero attached hydrogens (tertiary/aromatic N) is 1. The van der Waals surface area contributed by atoms with Gasteiger partial charge >= 0.3 is 6.03 Å². The number of ether oxygens (including phenoxy) is 1. The third-order valence-electron chi connectivity index (χ3n) is 4.89. The van der Waals surface area contributed by atoms with Crippen LogP contribution in [0.25, 0.3) is 0 Å². The van der Waals surface area contributed by atoms with E-state index in [0.717, 1.165) is 28.0 Å². The minimum Gasteiger partial charge on any atom is -0.494 e. The summed E-state index contributed by atoms with van der Waals surface area (Å²) in [6, 6.07) is 13.4. The normalized spacial score (nSPS) is 19.3. The largest absolute Gasteiger partial charge is 0.494 e. The molecule has 3 rings (SSSR count). The summed E-state index contributed by atoms with van der Waals surface area (Å²) in [4.78, 5) is 26.5. The van der Waals surface area contributed by atoms with E-state index >= 15 is 0 Å². The standard InChI is InChI=1S/C22H26N2O3/c1-15-6-8-18(9-7-15)22(4)20(25)24(21(26)23-22)10-5-11-27-19-13-16(2)12-17(3)14-19/h6-9,12-14H,5,10-11H2,1-4H3,(H,23,26). The Hall–Kier alpha value is -2.82. The molecule has 1 aliphatic rings. The molecule has 0 bridgehead atoms. The maximum Gasteiger partial charge on any atom is 0.325 e. The van der Waals surface area contributed by atoms with Crippen molar-refractivity contribution < 1.29 is 14.3 Å². The SMILES string of the molecule is Cc1ccc(C2(C)NC(=O)N(CCCOc3cc(C)cc(C)c3)C2=O)cc1. The molecule has 27 heavy (non-hydrogen) atoms. The molecule has 2 aromatic carbocycles. The zero-order valence-corrected chi connectivity index (χ0v) is 16.3. The van der Waals surface area contributed by atoms with Crippen molar-refractivity contribution in [1.82, 2.24) is 10.2 Å². The van der Waals surface area contributed by atoms with Gasteiger partial charge in [-0.2, -0.15) is 0 Å². The third-order valence-corrected chi connectivity index (χ3v) is 4.89. The second kappa shape index (κ2) is 7.43. The fourth-order valence-electron chi connectivity index (χ4n) is 3.41. The maximum absolute atomic E-state index is 12.9. The van der Waals surface area contributed by atoms with E-state index in [1.807, 2.05) is 57.2 Å². The molecule has 0 radical (unpaired) electrons. The highest BCUT2D eigenvalue weighted by Gasteiger charge is 2.48. The first kappa shape index (κ1) is 19.0. The molecule has 1 aliphatic heterocycles. The van der Waals surface area contributed by atoms with Crippen LogP contribution in [0.1, 0.15) is 35.6 Å². The van der Waals surface area contributed by atoms with Gasteiger partial charge in [-0.15, -0.1) is 0 Å². The molecule has 0 aromatic heterocycles. The van der Waals surface area contributed by atoms with Gasteiger partial charge in [0, 0.05) is 6.54 Å². The number of carbonyl (C=O) groups is 2. The van der Waals surface area contributed by atoms with Gasteiger partial charge in [-0.3, -0.25) is 9.69 Å². The third kappa shape index (κ3) is 3.97. The van der Waals surface area contributed by atoms with Crippen LogP contribution in [0.2, 0.25) is 0 Å². The molecular weight excluding hydrogens is 340 g/mol. The van der Waals surface area contributed by atoms with Crippen LogP contribution in [0.3, 0.4) is 0 Å². The van der Waals surface area contributed by atoms with E-state index in [1.165, 1.54) is 4.90 Å². The molecule has 1 heterocycles. The van der Waals surface area contributed by atoms with E-state index in [-0.39, 0.29) is 11.9 Å². The predicted octanol–water partition coefficient (Wildman–Crippen LogP) is 3.85. The first-order chi connectivity index (χ1) is 12.8. The monoisotopic (exact) mass is 366 g/mol. The first-order valence-corrected chi connectivity index (χ1v) is 9.22. The molecule has 1 saturated heterocycles. The zero-order valence-electron chi connectivity index (χ0n) is 16.3. The van der Waals surface area contributed by atoms with E-state index in [4.69, 9.17) is 4.74 Å². The molecule has 5 nitrogen and oxygen atoms in total. The molecule has 1 unspecified atom stereocenters. The molecular formula is C22H26N2O3. The van der Waals surface area contributed by atoms with Crippen LogP contribution >= 0.6 is 0 Å². The lowest BCUT2D eigenvalue weighted by Gasteiger charge is -2.22. The quantitative estimate of drug-likeness (QED) is 0.624. The number of carbonyl (C=O) groups excluding carboxylic acids is 2. The van der Waals surface area contributed by atoms with Gasteiger partial charge in [-0.25, -0.2) is 4.79 Å². The lowest BCUT2D eigenvalue weighted by Crippen LogP contribution is -2.41. The van der Waals surface area contributed by atoms with Gasteiger partial charge in [-0.1, -0.05) is 35.9 Å². The molecule has 5 heteroatoms. The van der Waals surface area contributed by atoms with Gasteiger partial charge in [-0.05, 0) is 62.9 Å². The number of rotatable bonds is 6. The Bertz CT molecular complexity index is 840. The molecule has 142 valence electrons. The lowest BCUT2D eigenvalue weighted by atomic mass is 9.91. The molecule has 0 aliphatic carbocycles. The molecule has 1 fully saturated rings. The Morgan fingerprint density at radius 1 is 0.963 bits per heavy atom. The van der Waals surface area contributed by atoms with Crippen molar-refractivity contribution in [2.24, 2.45) is 0 Å². The van der Waals surface area contributed by atoms with Gasteiger partial charge in [0.05, 0.1) is 6.61 Å². The van der Waals surface area contributed by atoms with E-state index < -0.39 is 5.54 Å². The summed E-state index contributed by atoms with van der Waals surface area (Å²) >= 11 is 0. The highest BCUT2D eigenvalue weighted by molar-refractivity contribution is 6.07. The van der Waals surface area contributed by atoms with E-state index in [0.29, 0.717) is 19.6 Å². The van der Waals surface area contributed by atoms with Crippen LogP contribution in [0.5, 0.6) is 5.75 Å². The van der Waals surface area contributed by atoms with E-state index in [9.17, 15) is 9.59 Å². The highest BCUT2D eigenvalue weighted by Crippen LogP contribution is 2.29. The van der Waals surface area contributed by atoms with Gasteiger partial charge < -0.3 is 10.1 Å². The second-order valence-electron chi connectivity index (χ2n) is 7.40. The Morgan fingerprint density at radius 3 is 2.22 bits per heavy atom. The Labute approximate surface area is 160 Å². The molecule has 1 atom stereocenters. The summed E-state index contributed by atoms with van der Waals surface area (Å²) in [7, 11) is 0. The average Bonchev–Trinajstić information content (AvgIpc) is 2.82. The van der Waals surface area contributed by atoms with Crippen LogP contribution in [-0.2, 0) is 10.3 Å². The minimum absolute atomic E-state index is 0.220. The van der Waals surface area contributed by atoms with Gasteiger partial charge in [0.15, 0.2) is 0 Å². The smallest absolute Gasteiger partial charge is 0.325 e. The number of aryl methyl sites for hydroxylation is 3. The Kier molecular flexibility index (Phi) is 5.22. The average molecular weight is 366 g/mol. The number of hydrogen-bond donors (Lipinski definition) is 1. The number of amides is 3. The van der Waals surface area contributed by atoms with Crippen molar-refractivity contribution in [1.29, 1.82) is 0 Å². The number of hydrogen-bond acceptors (Lipinski definition) is 3. The van der Waals surface area contributed by atoms with Crippen LogP contribution in [0.15, 0.2) is 42.5 Å². The summed E-state index contributed by atoms with van der Waals surface area (Å²) in [5, 5.41) is 2.84. The number of urea groups is 1. The van der Waals surface area contributed by atoms with E-state index in [2.05, 4.69) is 11.4 Å². The summed E-state index contributed by atoms with van der Waals surface area (Å²) in [6.45, 7) is 8.57. The van der Waals surface area contributed by atoms with Crippen molar-refractivity contribution in [3.63, 3.8) is 0 Å². The van der Waals surface area contributed by atoms with Gasteiger partial charge in [0.25, 0.3) is 5.91 Å². The number of benzene rings is 2. The molecule has 1 N–H and O–H groups in total. The van der Waals surface area contributed by atoms with Crippen molar-refractivity contribution in [3.8, 4) is 5.75 Å². The summed E-state index contributed by atoms with van der Waals surface area (Å²) in [5.74, 6) is 0.594. The fraction of sp³-hybridized carbons (Fsp3) is 0.364. The molecule has 3 amide bonds. The summed E-state index contributed by atoms with van der Waals surface area (Å²) in [6.07, 6.45) is 0.579. The number of nitrogens with one attached hydrogen (secondary N) is 1. The van der Waals surface area contributed by atoms with Gasteiger partial charge in [0.2, 0.25) is 0 Å². The van der Waals surface area contributed by atoms with Crippen molar-refractivity contribution in [3.05, 3.63) is 64.7 Å². The summed E-state index contributed by atoms with van der Waals surface area (Å²) in [5.41, 5.74) is 3.18. The van der Waals surface area contributed by atoms with Crippen molar-refractivity contribution in [2.75, 3.05) is 13.2 Å². The fourth-order valence-corrected chi connectivity index (χ4v) is 3.41. The number of imide groups is 1. The van der Waals surface area contributed by atoms with Crippen molar-refractivity contribution in [2.45, 2.75) is 39.7 Å². The van der Waals surface area contributed by atoms with Crippen LogP contribution < -0.4 is 10.1 Å². The first-order valence-electron chi connectivity index (χ1n) is 9.22. The summed E-state index contributed by atoms with van der Waals surface area (Å²) < 4.78 is 5.78. The topological polar surface area (TPSA) is 58.6 Å². The minimum atomic E-state index is -1.01. The zero-order chi connectivity index (χ0) is 19.6. The molecule has 2 aromatic rings. The van der Waals surface area contributed by atoms with Crippen LogP contribution in [0, 0.1) is 20.8 Å². The van der Waals surface area contributed by atoms with Crippen molar-refractivity contribution >= 4 is 11.9 Å².